The Morgan fingerprint density at radius 1 is 1.36 bits per heavy atom. The van der Waals surface area contributed by atoms with E-state index < -0.39 is 0 Å². The highest BCUT2D eigenvalue weighted by Gasteiger charge is 2.22. The molecule has 0 bridgehead atoms. The molecule has 0 radical (unpaired) electrons. The monoisotopic (exact) mass is 409 g/mol. The molecule has 8 heteroatoms. The summed E-state index contributed by atoms with van der Waals surface area (Å²) in [6.45, 7) is 3.02. The molecule has 22 heavy (non-hydrogen) atoms. The number of carbonyl (C=O) groups is 2. The SMILES string of the molecule is CN(CC(=O)N1CCNCC1)C(=O)c1cc(Cl)ccc1Br.Cl. The van der Waals surface area contributed by atoms with Crippen molar-refractivity contribution in [3.8, 4) is 0 Å². The molecular weight excluding hydrogens is 393 g/mol. The standard InChI is InChI=1S/C14H17BrClN3O2.ClH/c1-18(9-13(20)19-6-4-17-5-7-19)14(21)11-8-10(16)2-3-12(11)15;/h2-3,8,17H,4-7,9H2,1H3;1H. The van der Waals surface area contributed by atoms with Gasteiger partial charge in [-0.05, 0) is 34.1 Å². The maximum Gasteiger partial charge on any atom is 0.255 e. The lowest BCUT2D eigenvalue weighted by atomic mass is 10.2. The van der Waals surface area contributed by atoms with Gasteiger partial charge in [-0.1, -0.05) is 11.6 Å². The summed E-state index contributed by atoms with van der Waals surface area (Å²) in [6, 6.07) is 5.02. The third-order valence-corrected chi connectivity index (χ3v) is 4.27. The number of nitrogens with zero attached hydrogens (tertiary/aromatic N) is 2. The van der Waals surface area contributed by atoms with Gasteiger partial charge in [0.25, 0.3) is 5.91 Å². The van der Waals surface area contributed by atoms with E-state index in [0.717, 1.165) is 13.1 Å². The van der Waals surface area contributed by atoms with Gasteiger partial charge < -0.3 is 15.1 Å². The van der Waals surface area contributed by atoms with Crippen molar-refractivity contribution in [2.45, 2.75) is 0 Å². The molecule has 1 heterocycles. The van der Waals surface area contributed by atoms with Crippen LogP contribution in [0, 0.1) is 0 Å². The van der Waals surface area contributed by atoms with Crippen LogP contribution < -0.4 is 5.32 Å². The van der Waals surface area contributed by atoms with Gasteiger partial charge in [-0.2, -0.15) is 0 Å². The molecule has 1 aliphatic rings. The number of hydrogen-bond acceptors (Lipinski definition) is 3. The van der Waals surface area contributed by atoms with Crippen LogP contribution in [0.3, 0.4) is 0 Å². The summed E-state index contributed by atoms with van der Waals surface area (Å²) in [5.74, 6) is -0.265. The van der Waals surface area contributed by atoms with Crippen LogP contribution in [0.25, 0.3) is 0 Å². The quantitative estimate of drug-likeness (QED) is 0.829. The number of halogens is 3. The van der Waals surface area contributed by atoms with E-state index in [-0.39, 0.29) is 30.8 Å². The zero-order valence-corrected chi connectivity index (χ0v) is 15.3. The van der Waals surface area contributed by atoms with Crippen LogP contribution >= 0.6 is 39.9 Å². The number of likely N-dealkylation sites (N-methyl/N-ethyl adjacent to an activating group) is 1. The Bertz CT molecular complexity index is 551. The van der Waals surface area contributed by atoms with Gasteiger partial charge in [-0.15, -0.1) is 12.4 Å². The summed E-state index contributed by atoms with van der Waals surface area (Å²) in [4.78, 5) is 27.7. The van der Waals surface area contributed by atoms with Gasteiger partial charge >= 0.3 is 0 Å². The Morgan fingerprint density at radius 2 is 2.00 bits per heavy atom. The zero-order valence-electron chi connectivity index (χ0n) is 12.1. The first-order valence-electron chi connectivity index (χ1n) is 6.68. The molecule has 122 valence electrons. The van der Waals surface area contributed by atoms with Crippen LogP contribution in [0.4, 0.5) is 0 Å². The van der Waals surface area contributed by atoms with Crippen molar-refractivity contribution in [2.75, 3.05) is 39.8 Å². The van der Waals surface area contributed by atoms with E-state index in [9.17, 15) is 9.59 Å². The highest BCUT2D eigenvalue weighted by molar-refractivity contribution is 9.10. The first kappa shape index (κ1) is 19.2. The van der Waals surface area contributed by atoms with Gasteiger partial charge in [0.15, 0.2) is 0 Å². The summed E-state index contributed by atoms with van der Waals surface area (Å²) in [7, 11) is 1.62. The number of benzene rings is 1. The van der Waals surface area contributed by atoms with E-state index in [4.69, 9.17) is 11.6 Å². The molecule has 5 nitrogen and oxygen atoms in total. The Morgan fingerprint density at radius 3 is 2.64 bits per heavy atom. The lowest BCUT2D eigenvalue weighted by molar-refractivity contribution is -0.132. The van der Waals surface area contributed by atoms with Crippen LogP contribution in [-0.2, 0) is 4.79 Å². The fraction of sp³-hybridized carbons (Fsp3) is 0.429. The number of rotatable bonds is 3. The molecule has 0 unspecified atom stereocenters. The van der Waals surface area contributed by atoms with E-state index in [1.165, 1.54) is 4.90 Å². The minimum atomic E-state index is -0.229. The summed E-state index contributed by atoms with van der Waals surface area (Å²) >= 11 is 9.25. The molecule has 1 fully saturated rings. The summed E-state index contributed by atoms with van der Waals surface area (Å²) in [5.41, 5.74) is 0.457. The maximum absolute atomic E-state index is 12.4. The van der Waals surface area contributed by atoms with Gasteiger partial charge in [0.05, 0.1) is 12.1 Å². The number of amides is 2. The smallest absolute Gasteiger partial charge is 0.255 e. The predicted octanol–water partition coefficient (Wildman–Crippen LogP) is 2.03. The van der Waals surface area contributed by atoms with Gasteiger partial charge in [0.2, 0.25) is 5.91 Å². The highest BCUT2D eigenvalue weighted by Crippen LogP contribution is 2.22. The second kappa shape index (κ2) is 8.72. The molecule has 2 rings (SSSR count). The number of carbonyl (C=O) groups excluding carboxylic acids is 2. The number of nitrogens with one attached hydrogen (secondary N) is 1. The second-order valence-electron chi connectivity index (χ2n) is 4.92. The molecule has 0 aromatic heterocycles. The summed E-state index contributed by atoms with van der Waals surface area (Å²) in [5, 5.41) is 3.68. The van der Waals surface area contributed by atoms with Crippen LogP contribution in [-0.4, -0.2) is 61.4 Å². The van der Waals surface area contributed by atoms with Crippen molar-refractivity contribution in [3.63, 3.8) is 0 Å². The van der Waals surface area contributed by atoms with Crippen molar-refractivity contribution < 1.29 is 9.59 Å². The van der Waals surface area contributed by atoms with E-state index in [0.29, 0.717) is 28.1 Å². The second-order valence-corrected chi connectivity index (χ2v) is 6.21. The first-order chi connectivity index (χ1) is 9.99. The van der Waals surface area contributed by atoms with Gasteiger partial charge in [0, 0.05) is 42.7 Å². The maximum atomic E-state index is 12.4. The molecule has 1 N–H and O–H groups in total. The summed E-state index contributed by atoms with van der Waals surface area (Å²) in [6.07, 6.45) is 0. The van der Waals surface area contributed by atoms with E-state index in [1.807, 2.05) is 0 Å². The molecule has 1 saturated heterocycles. The van der Waals surface area contributed by atoms with Crippen molar-refractivity contribution in [2.24, 2.45) is 0 Å². The van der Waals surface area contributed by atoms with E-state index >= 15 is 0 Å². The van der Waals surface area contributed by atoms with Gasteiger partial charge in [-0.3, -0.25) is 9.59 Å². The molecule has 0 aliphatic carbocycles. The molecule has 1 aliphatic heterocycles. The molecule has 1 aromatic carbocycles. The van der Waals surface area contributed by atoms with Crippen LogP contribution in [0.5, 0.6) is 0 Å². The van der Waals surface area contributed by atoms with Crippen LogP contribution in [0.1, 0.15) is 10.4 Å². The zero-order chi connectivity index (χ0) is 15.4. The Kier molecular flexibility index (Phi) is 7.62. The van der Waals surface area contributed by atoms with Crippen molar-refractivity contribution in [1.29, 1.82) is 0 Å². The predicted molar refractivity (Wildman–Crippen MR) is 92.8 cm³/mol. The molecule has 0 saturated carbocycles. The normalized spacial score (nSPS) is 14.2. The van der Waals surface area contributed by atoms with Crippen molar-refractivity contribution >= 4 is 51.8 Å². The lowest BCUT2D eigenvalue weighted by Crippen LogP contribution is -2.49. The molecule has 2 amide bonds. The molecular formula is C14H18BrCl2N3O2. The van der Waals surface area contributed by atoms with Crippen molar-refractivity contribution in [1.82, 2.24) is 15.1 Å². The topological polar surface area (TPSA) is 52.7 Å². The average molecular weight is 411 g/mol. The first-order valence-corrected chi connectivity index (χ1v) is 7.85. The third-order valence-electron chi connectivity index (χ3n) is 3.35. The van der Waals surface area contributed by atoms with Crippen molar-refractivity contribution in [3.05, 3.63) is 33.3 Å². The lowest BCUT2D eigenvalue weighted by Gasteiger charge is -2.29. The molecule has 0 spiro atoms. The Labute approximate surface area is 149 Å². The number of piperazine rings is 1. The minimum Gasteiger partial charge on any atom is -0.339 e. The van der Waals surface area contributed by atoms with Gasteiger partial charge in [-0.25, -0.2) is 0 Å². The van der Waals surface area contributed by atoms with E-state index in [1.54, 1.807) is 30.1 Å². The fourth-order valence-electron chi connectivity index (χ4n) is 2.16. The molecule has 0 atom stereocenters. The average Bonchev–Trinajstić information content (AvgIpc) is 2.49. The van der Waals surface area contributed by atoms with E-state index in [2.05, 4.69) is 21.2 Å². The van der Waals surface area contributed by atoms with Gasteiger partial charge in [0.1, 0.15) is 0 Å². The Hall–Kier alpha value is -0.820. The third kappa shape index (κ3) is 4.84. The number of hydrogen-bond donors (Lipinski definition) is 1. The largest absolute Gasteiger partial charge is 0.339 e. The molecule has 1 aromatic rings. The minimum absolute atomic E-state index is 0. The highest BCUT2D eigenvalue weighted by atomic mass is 79.9. The fourth-order valence-corrected chi connectivity index (χ4v) is 2.74. The summed E-state index contributed by atoms with van der Waals surface area (Å²) < 4.78 is 0.665. The van der Waals surface area contributed by atoms with Crippen LogP contribution in [0.15, 0.2) is 22.7 Å². The Balaban J connectivity index is 0.00000242. The van der Waals surface area contributed by atoms with Crippen LogP contribution in [0.2, 0.25) is 5.02 Å².